The zero-order chi connectivity index (χ0) is 15.9. The van der Waals surface area contributed by atoms with Crippen molar-refractivity contribution in [3.63, 3.8) is 0 Å². The largest absolute Gasteiger partial charge is 0.496 e. The normalized spacial score (nSPS) is 10.5. The van der Waals surface area contributed by atoms with Gasteiger partial charge in [0, 0.05) is 25.2 Å². The van der Waals surface area contributed by atoms with Crippen molar-refractivity contribution in [1.29, 1.82) is 0 Å². The predicted molar refractivity (Wildman–Crippen MR) is 88.9 cm³/mol. The Morgan fingerprint density at radius 3 is 2.77 bits per heavy atom. The summed E-state index contributed by atoms with van der Waals surface area (Å²) in [4.78, 5) is 14.6. The van der Waals surface area contributed by atoms with E-state index in [2.05, 4.69) is 0 Å². The van der Waals surface area contributed by atoms with E-state index in [1.165, 1.54) is 0 Å². The number of hydrogen-bond donors (Lipinski definition) is 0. The van der Waals surface area contributed by atoms with Gasteiger partial charge in [-0.15, -0.1) is 0 Å². The molecule has 2 rings (SSSR count). The summed E-state index contributed by atoms with van der Waals surface area (Å²) in [6.45, 7) is 1.50. The van der Waals surface area contributed by atoms with E-state index in [1.807, 2.05) is 16.8 Å². The van der Waals surface area contributed by atoms with Crippen molar-refractivity contribution >= 4 is 28.8 Å². The third-order valence-corrected chi connectivity index (χ3v) is 4.17. The highest BCUT2D eigenvalue weighted by Crippen LogP contribution is 2.25. The van der Waals surface area contributed by atoms with Crippen LogP contribution in [0.3, 0.4) is 0 Å². The number of ether oxygens (including phenoxy) is 2. The molecule has 1 amide bonds. The number of nitrogens with zero attached hydrogens (tertiary/aromatic N) is 1. The van der Waals surface area contributed by atoms with E-state index in [1.54, 1.807) is 48.7 Å². The molecule has 0 unspecified atom stereocenters. The van der Waals surface area contributed by atoms with E-state index in [0.717, 1.165) is 5.56 Å². The van der Waals surface area contributed by atoms with Crippen LogP contribution in [-0.4, -0.2) is 38.2 Å². The summed E-state index contributed by atoms with van der Waals surface area (Å²) in [6.07, 6.45) is 0. The number of hydrogen-bond acceptors (Lipinski definition) is 4. The molecule has 22 heavy (non-hydrogen) atoms. The molecule has 0 spiro atoms. The van der Waals surface area contributed by atoms with E-state index in [-0.39, 0.29) is 5.91 Å². The van der Waals surface area contributed by atoms with Crippen molar-refractivity contribution in [2.45, 2.75) is 6.54 Å². The summed E-state index contributed by atoms with van der Waals surface area (Å²) in [7, 11) is 3.16. The lowest BCUT2D eigenvalue weighted by Crippen LogP contribution is -2.33. The maximum Gasteiger partial charge on any atom is 0.258 e. The van der Waals surface area contributed by atoms with Crippen LogP contribution < -0.4 is 4.74 Å². The van der Waals surface area contributed by atoms with E-state index in [4.69, 9.17) is 21.1 Å². The molecule has 0 fully saturated rings. The van der Waals surface area contributed by atoms with Gasteiger partial charge in [-0.3, -0.25) is 4.79 Å². The number of methoxy groups -OCH3 is 2. The van der Waals surface area contributed by atoms with Gasteiger partial charge in [-0.1, -0.05) is 11.6 Å². The number of benzene rings is 1. The zero-order valence-corrected chi connectivity index (χ0v) is 14.1. The molecule has 0 aliphatic carbocycles. The minimum absolute atomic E-state index is 0.123. The topological polar surface area (TPSA) is 38.8 Å². The molecular formula is C16H18ClNO3S. The lowest BCUT2D eigenvalue weighted by atomic mass is 10.1. The highest BCUT2D eigenvalue weighted by molar-refractivity contribution is 7.07. The number of carbonyl (C=O) groups is 1. The Hall–Kier alpha value is -1.56. The third-order valence-electron chi connectivity index (χ3n) is 3.20. The first-order chi connectivity index (χ1) is 10.7. The van der Waals surface area contributed by atoms with Crippen LogP contribution in [0.15, 0.2) is 35.0 Å². The Bertz CT molecular complexity index is 616. The van der Waals surface area contributed by atoms with Crippen molar-refractivity contribution < 1.29 is 14.3 Å². The molecule has 0 radical (unpaired) electrons. The maximum absolute atomic E-state index is 12.8. The predicted octanol–water partition coefficient (Wildman–Crippen LogP) is 3.70. The fraction of sp³-hybridized carbons (Fsp3) is 0.312. The van der Waals surface area contributed by atoms with Gasteiger partial charge in [-0.05, 0) is 40.6 Å². The van der Waals surface area contributed by atoms with Gasteiger partial charge >= 0.3 is 0 Å². The van der Waals surface area contributed by atoms with Gasteiger partial charge in [-0.25, -0.2) is 0 Å². The molecule has 0 saturated carbocycles. The van der Waals surface area contributed by atoms with Crippen molar-refractivity contribution in [3.05, 3.63) is 51.2 Å². The molecule has 2 aromatic rings. The smallest absolute Gasteiger partial charge is 0.258 e. The SMILES string of the molecule is COCCN(Cc1ccsc1)C(=O)c1cc(Cl)ccc1OC. The van der Waals surface area contributed by atoms with E-state index < -0.39 is 0 Å². The van der Waals surface area contributed by atoms with Crippen LogP contribution in [0.5, 0.6) is 5.75 Å². The Morgan fingerprint density at radius 2 is 2.14 bits per heavy atom. The second-order valence-corrected chi connectivity index (χ2v) is 5.91. The summed E-state index contributed by atoms with van der Waals surface area (Å²) in [5.74, 6) is 0.393. The van der Waals surface area contributed by atoms with Crippen molar-refractivity contribution in [1.82, 2.24) is 4.90 Å². The van der Waals surface area contributed by atoms with E-state index >= 15 is 0 Å². The van der Waals surface area contributed by atoms with Crippen LogP contribution in [0.1, 0.15) is 15.9 Å². The molecule has 6 heteroatoms. The molecule has 118 valence electrons. The first-order valence-electron chi connectivity index (χ1n) is 6.78. The van der Waals surface area contributed by atoms with Crippen LogP contribution in [0, 0.1) is 0 Å². The highest BCUT2D eigenvalue weighted by Gasteiger charge is 2.20. The number of amides is 1. The molecule has 1 aromatic heterocycles. The van der Waals surface area contributed by atoms with Gasteiger partial charge in [0.15, 0.2) is 0 Å². The van der Waals surface area contributed by atoms with Crippen LogP contribution in [-0.2, 0) is 11.3 Å². The van der Waals surface area contributed by atoms with Crippen LogP contribution in [0.2, 0.25) is 5.02 Å². The van der Waals surface area contributed by atoms with E-state index in [0.29, 0.717) is 36.0 Å². The van der Waals surface area contributed by atoms with Gasteiger partial charge in [0.25, 0.3) is 5.91 Å². The second-order valence-electron chi connectivity index (χ2n) is 4.70. The molecule has 1 aromatic carbocycles. The van der Waals surface area contributed by atoms with Gasteiger partial charge in [0.05, 0.1) is 19.3 Å². The van der Waals surface area contributed by atoms with Gasteiger partial charge in [-0.2, -0.15) is 11.3 Å². The van der Waals surface area contributed by atoms with E-state index in [9.17, 15) is 4.79 Å². The summed E-state index contributed by atoms with van der Waals surface area (Å²) < 4.78 is 10.4. The standard InChI is InChI=1S/C16H18ClNO3S/c1-20-7-6-18(10-12-5-8-22-11-12)16(19)14-9-13(17)3-4-15(14)21-2/h3-5,8-9,11H,6-7,10H2,1-2H3. The minimum Gasteiger partial charge on any atom is -0.496 e. The lowest BCUT2D eigenvalue weighted by molar-refractivity contribution is 0.0677. The summed E-state index contributed by atoms with van der Waals surface area (Å²) in [6, 6.07) is 7.05. The maximum atomic E-state index is 12.8. The molecule has 0 aliphatic heterocycles. The molecule has 0 bridgehead atoms. The monoisotopic (exact) mass is 339 g/mol. The Balaban J connectivity index is 2.26. The fourth-order valence-corrected chi connectivity index (χ4v) is 2.91. The molecule has 4 nitrogen and oxygen atoms in total. The Kier molecular flexibility index (Phi) is 6.24. The van der Waals surface area contributed by atoms with Crippen LogP contribution in [0.25, 0.3) is 0 Å². The number of halogens is 1. The number of rotatable bonds is 7. The first-order valence-corrected chi connectivity index (χ1v) is 8.10. The van der Waals surface area contributed by atoms with Crippen molar-refractivity contribution in [2.75, 3.05) is 27.4 Å². The zero-order valence-electron chi connectivity index (χ0n) is 12.5. The molecule has 0 saturated heterocycles. The quantitative estimate of drug-likeness (QED) is 0.772. The first kappa shape index (κ1) is 16.8. The summed E-state index contributed by atoms with van der Waals surface area (Å²) in [5.41, 5.74) is 1.55. The second kappa shape index (κ2) is 8.17. The third kappa shape index (κ3) is 4.22. The minimum atomic E-state index is -0.123. The van der Waals surface area contributed by atoms with Gasteiger partial charge < -0.3 is 14.4 Å². The Morgan fingerprint density at radius 1 is 1.32 bits per heavy atom. The molecule has 1 heterocycles. The van der Waals surface area contributed by atoms with Crippen LogP contribution >= 0.6 is 22.9 Å². The van der Waals surface area contributed by atoms with Crippen LogP contribution in [0.4, 0.5) is 0 Å². The average Bonchev–Trinajstić information content (AvgIpc) is 3.03. The summed E-state index contributed by atoms with van der Waals surface area (Å²) in [5, 5.41) is 4.53. The van der Waals surface area contributed by atoms with Crippen molar-refractivity contribution in [3.8, 4) is 5.75 Å². The molecule has 0 aliphatic rings. The number of carbonyl (C=O) groups excluding carboxylic acids is 1. The Labute approximate surface area is 139 Å². The lowest BCUT2D eigenvalue weighted by Gasteiger charge is -2.23. The molecule has 0 N–H and O–H groups in total. The molecular weight excluding hydrogens is 322 g/mol. The van der Waals surface area contributed by atoms with Gasteiger partial charge in [0.1, 0.15) is 5.75 Å². The summed E-state index contributed by atoms with van der Waals surface area (Å²) >= 11 is 7.63. The fourth-order valence-electron chi connectivity index (χ4n) is 2.07. The average molecular weight is 340 g/mol. The molecule has 0 atom stereocenters. The number of thiophene rings is 1. The van der Waals surface area contributed by atoms with Gasteiger partial charge in [0.2, 0.25) is 0 Å². The van der Waals surface area contributed by atoms with Crippen molar-refractivity contribution in [2.24, 2.45) is 0 Å². The highest BCUT2D eigenvalue weighted by atomic mass is 35.5.